The molecule has 2 amide bonds. The molecule has 4 atom stereocenters. The summed E-state index contributed by atoms with van der Waals surface area (Å²) in [6.07, 6.45) is 2.31. The molecule has 1 aliphatic carbocycles. The molecule has 7 nitrogen and oxygen atoms in total. The van der Waals surface area contributed by atoms with E-state index < -0.39 is 0 Å². The number of hydrogen-bond acceptors (Lipinski definition) is 7. The van der Waals surface area contributed by atoms with Crippen molar-refractivity contribution in [3.05, 3.63) is 45.6 Å². The Labute approximate surface area is 213 Å². The second-order valence-electron chi connectivity index (χ2n) is 10.1. The Bertz CT molecular complexity index is 1330. The van der Waals surface area contributed by atoms with E-state index in [0.29, 0.717) is 23.7 Å². The number of imide groups is 1. The SMILES string of the molecule is Cc1cc(Cl)cc(-c2ncnc3cc(CN4C(=O)C5CC5C4=O)sc23)c1CN1C(C)CNC[C@@H]1C. The van der Waals surface area contributed by atoms with Crippen LogP contribution in [0.25, 0.3) is 21.5 Å². The van der Waals surface area contributed by atoms with Crippen LogP contribution in [0, 0.1) is 18.8 Å². The van der Waals surface area contributed by atoms with Crippen LogP contribution in [0.2, 0.25) is 5.02 Å². The second kappa shape index (κ2) is 8.62. The molecule has 4 heterocycles. The van der Waals surface area contributed by atoms with Crippen molar-refractivity contribution in [3.8, 4) is 11.3 Å². The van der Waals surface area contributed by atoms with Gasteiger partial charge in [0.05, 0.1) is 34.3 Å². The van der Waals surface area contributed by atoms with Crippen molar-refractivity contribution in [2.75, 3.05) is 13.1 Å². The van der Waals surface area contributed by atoms with E-state index in [-0.39, 0.29) is 23.7 Å². The van der Waals surface area contributed by atoms with Gasteiger partial charge >= 0.3 is 0 Å². The number of carbonyl (C=O) groups is 2. The molecule has 3 fully saturated rings. The normalized spacial score (nSPS) is 26.6. The van der Waals surface area contributed by atoms with Gasteiger partial charge in [-0.05, 0) is 56.5 Å². The molecule has 0 spiro atoms. The van der Waals surface area contributed by atoms with Crippen LogP contribution in [0.15, 0.2) is 24.5 Å². The van der Waals surface area contributed by atoms with Gasteiger partial charge in [-0.3, -0.25) is 19.4 Å². The second-order valence-corrected chi connectivity index (χ2v) is 11.7. The quantitative estimate of drug-likeness (QED) is 0.524. The molecule has 2 aliphatic heterocycles. The van der Waals surface area contributed by atoms with Crippen LogP contribution in [0.4, 0.5) is 0 Å². The molecule has 3 aliphatic rings. The van der Waals surface area contributed by atoms with Crippen molar-refractivity contribution in [2.45, 2.75) is 52.4 Å². The monoisotopic (exact) mass is 509 g/mol. The molecule has 3 aromatic rings. The number of carbonyl (C=O) groups excluding carboxylic acids is 2. The first-order valence-electron chi connectivity index (χ1n) is 12.2. The average molecular weight is 510 g/mol. The molecule has 6 rings (SSSR count). The summed E-state index contributed by atoms with van der Waals surface area (Å²) in [5.41, 5.74) is 5.05. The average Bonchev–Trinajstić information content (AvgIpc) is 3.45. The summed E-state index contributed by atoms with van der Waals surface area (Å²) >= 11 is 8.10. The van der Waals surface area contributed by atoms with E-state index >= 15 is 0 Å². The van der Waals surface area contributed by atoms with Gasteiger partial charge in [0.1, 0.15) is 6.33 Å². The molecule has 35 heavy (non-hydrogen) atoms. The molecule has 1 saturated carbocycles. The van der Waals surface area contributed by atoms with Gasteiger partial charge in [0, 0.05) is 47.2 Å². The zero-order chi connectivity index (χ0) is 24.4. The number of aromatic nitrogens is 2. The fraction of sp³-hybridized carbons (Fsp3) is 0.462. The van der Waals surface area contributed by atoms with Crippen molar-refractivity contribution in [3.63, 3.8) is 0 Å². The number of piperazine rings is 1. The maximum absolute atomic E-state index is 12.5. The number of fused-ring (bicyclic) bond motifs is 2. The standard InChI is InChI=1S/C26H28ClN5O2S/c1-13-4-16(27)5-18(21(13)11-31-14(2)8-28-9-15(31)3)23-24-22(29-12-30-23)6-17(35-24)10-32-25(33)19-7-20(19)26(32)34/h4-6,12,14-15,19-20,28H,7-11H2,1-3H3/t14-,15?,19?,20?/m0/s1. The Morgan fingerprint density at radius 3 is 2.49 bits per heavy atom. The molecule has 1 aromatic carbocycles. The van der Waals surface area contributed by atoms with Gasteiger partial charge in [0.25, 0.3) is 0 Å². The van der Waals surface area contributed by atoms with Gasteiger partial charge < -0.3 is 5.32 Å². The van der Waals surface area contributed by atoms with E-state index in [9.17, 15) is 9.59 Å². The van der Waals surface area contributed by atoms with Gasteiger partial charge in [0.15, 0.2) is 0 Å². The molecular weight excluding hydrogens is 482 g/mol. The maximum Gasteiger partial charge on any atom is 0.233 e. The van der Waals surface area contributed by atoms with Crippen LogP contribution in [0.5, 0.6) is 0 Å². The molecule has 0 radical (unpaired) electrons. The molecule has 2 saturated heterocycles. The zero-order valence-electron chi connectivity index (χ0n) is 20.0. The summed E-state index contributed by atoms with van der Waals surface area (Å²) < 4.78 is 0.955. The lowest BCUT2D eigenvalue weighted by atomic mass is 9.96. The van der Waals surface area contributed by atoms with Crippen LogP contribution in [0.1, 0.15) is 36.3 Å². The summed E-state index contributed by atoms with van der Waals surface area (Å²) in [7, 11) is 0. The summed E-state index contributed by atoms with van der Waals surface area (Å²) in [6, 6.07) is 6.84. The summed E-state index contributed by atoms with van der Waals surface area (Å²) in [6.45, 7) is 9.67. The predicted molar refractivity (Wildman–Crippen MR) is 137 cm³/mol. The maximum atomic E-state index is 12.5. The largest absolute Gasteiger partial charge is 0.314 e. The van der Waals surface area contributed by atoms with Gasteiger partial charge in [0.2, 0.25) is 11.8 Å². The number of rotatable bonds is 5. The lowest BCUT2D eigenvalue weighted by Crippen LogP contribution is -2.54. The van der Waals surface area contributed by atoms with Gasteiger partial charge in [-0.25, -0.2) is 9.97 Å². The Morgan fingerprint density at radius 2 is 1.77 bits per heavy atom. The van der Waals surface area contributed by atoms with Crippen LogP contribution >= 0.6 is 22.9 Å². The molecule has 3 unspecified atom stereocenters. The minimum absolute atomic E-state index is 0.0317. The highest BCUT2D eigenvalue weighted by atomic mass is 35.5. The molecule has 9 heteroatoms. The first-order chi connectivity index (χ1) is 16.8. The first kappa shape index (κ1) is 23.0. The zero-order valence-corrected chi connectivity index (χ0v) is 21.6. The fourth-order valence-electron chi connectivity index (χ4n) is 5.59. The molecule has 1 N–H and O–H groups in total. The Kier molecular flexibility index (Phi) is 5.67. The Balaban J connectivity index is 1.39. The first-order valence-corrected chi connectivity index (χ1v) is 13.4. The van der Waals surface area contributed by atoms with Gasteiger partial charge in [-0.1, -0.05) is 11.6 Å². The number of benzene rings is 1. The topological polar surface area (TPSA) is 78.4 Å². The molecular formula is C26H28ClN5O2S. The van der Waals surface area contributed by atoms with E-state index in [1.54, 1.807) is 17.7 Å². The number of amides is 2. The summed E-state index contributed by atoms with van der Waals surface area (Å²) in [5, 5.41) is 4.18. The Hall–Kier alpha value is -2.39. The van der Waals surface area contributed by atoms with E-state index in [1.165, 1.54) is 10.5 Å². The van der Waals surface area contributed by atoms with E-state index in [4.69, 9.17) is 16.6 Å². The highest BCUT2D eigenvalue weighted by Gasteiger charge is 2.58. The molecule has 0 bridgehead atoms. The Morgan fingerprint density at radius 1 is 1.06 bits per heavy atom. The molecule has 2 aromatic heterocycles. The third-order valence-corrected chi connectivity index (χ3v) is 9.01. The number of halogens is 1. The van der Waals surface area contributed by atoms with Gasteiger partial charge in [-0.2, -0.15) is 0 Å². The number of aryl methyl sites for hydroxylation is 1. The number of nitrogens with zero attached hydrogens (tertiary/aromatic N) is 4. The van der Waals surface area contributed by atoms with Crippen LogP contribution in [-0.2, 0) is 22.7 Å². The van der Waals surface area contributed by atoms with Crippen LogP contribution < -0.4 is 5.32 Å². The van der Waals surface area contributed by atoms with Crippen molar-refractivity contribution in [2.24, 2.45) is 11.8 Å². The van der Waals surface area contributed by atoms with Gasteiger partial charge in [-0.15, -0.1) is 11.3 Å². The number of likely N-dealkylation sites (tertiary alicyclic amines) is 1. The minimum atomic E-state index is -0.0843. The fourth-order valence-corrected chi connectivity index (χ4v) is 6.97. The third kappa shape index (κ3) is 3.96. The van der Waals surface area contributed by atoms with Crippen LogP contribution in [0.3, 0.4) is 0 Å². The van der Waals surface area contributed by atoms with E-state index in [2.05, 4.69) is 36.0 Å². The lowest BCUT2D eigenvalue weighted by Gasteiger charge is -2.40. The number of nitrogens with one attached hydrogen (secondary N) is 1. The summed E-state index contributed by atoms with van der Waals surface area (Å²) in [4.78, 5) is 39.1. The van der Waals surface area contributed by atoms with Crippen molar-refractivity contribution < 1.29 is 9.59 Å². The number of piperidine rings is 1. The van der Waals surface area contributed by atoms with Crippen molar-refractivity contribution in [1.82, 2.24) is 25.1 Å². The van der Waals surface area contributed by atoms with Crippen molar-refractivity contribution in [1.29, 1.82) is 0 Å². The predicted octanol–water partition coefficient (Wildman–Crippen LogP) is 4.01. The van der Waals surface area contributed by atoms with Crippen LogP contribution in [-0.4, -0.2) is 56.8 Å². The third-order valence-electron chi connectivity index (χ3n) is 7.68. The number of hydrogen-bond donors (Lipinski definition) is 1. The molecule has 182 valence electrons. The number of thiophene rings is 1. The van der Waals surface area contributed by atoms with Crippen molar-refractivity contribution >= 4 is 45.0 Å². The summed E-state index contributed by atoms with van der Waals surface area (Å²) in [5.74, 6) is -0.232. The van der Waals surface area contributed by atoms with E-state index in [1.807, 2.05) is 18.2 Å². The highest BCUT2D eigenvalue weighted by Crippen LogP contribution is 2.48. The smallest absolute Gasteiger partial charge is 0.233 e. The lowest BCUT2D eigenvalue weighted by molar-refractivity contribution is -0.141. The van der Waals surface area contributed by atoms with E-state index in [0.717, 1.165) is 58.0 Å². The minimum Gasteiger partial charge on any atom is -0.314 e. The highest BCUT2D eigenvalue weighted by molar-refractivity contribution is 7.19.